The van der Waals surface area contributed by atoms with Crippen LogP contribution in [0.25, 0.3) is 0 Å². The molecule has 0 spiro atoms. The fourth-order valence-electron chi connectivity index (χ4n) is 3.24. The van der Waals surface area contributed by atoms with Gasteiger partial charge in [0.05, 0.1) is 10.9 Å². The summed E-state index contributed by atoms with van der Waals surface area (Å²) in [6.45, 7) is 11.5. The second kappa shape index (κ2) is 10.8. The highest BCUT2D eigenvalue weighted by Crippen LogP contribution is 2.55. The second-order valence-corrected chi connectivity index (χ2v) is 11.3. The SMILES string of the molecule is CCCCC(=C=C(C)C(C)(C)O)C(=C=C(C)C)P(=O)(c1ccccc1)c1ccccc1. The Balaban J connectivity index is 2.99. The third-order valence-electron chi connectivity index (χ3n) is 5.25. The van der Waals surface area contributed by atoms with Crippen molar-refractivity contribution in [3.63, 3.8) is 0 Å². The Morgan fingerprint density at radius 3 is 1.77 bits per heavy atom. The van der Waals surface area contributed by atoms with Crippen LogP contribution in [-0.2, 0) is 4.57 Å². The Morgan fingerprint density at radius 2 is 1.39 bits per heavy atom. The second-order valence-electron chi connectivity index (χ2n) is 8.65. The maximum Gasteiger partial charge on any atom is 0.179 e. The molecule has 0 heterocycles. The van der Waals surface area contributed by atoms with Crippen molar-refractivity contribution in [2.24, 2.45) is 0 Å². The largest absolute Gasteiger partial charge is 0.385 e. The summed E-state index contributed by atoms with van der Waals surface area (Å²) in [5.41, 5.74) is 8.44. The van der Waals surface area contributed by atoms with E-state index in [1.165, 1.54) is 0 Å². The van der Waals surface area contributed by atoms with Crippen molar-refractivity contribution in [2.75, 3.05) is 0 Å². The van der Waals surface area contributed by atoms with Crippen LogP contribution in [0.15, 0.2) is 94.2 Å². The van der Waals surface area contributed by atoms with E-state index in [-0.39, 0.29) is 0 Å². The van der Waals surface area contributed by atoms with Gasteiger partial charge < -0.3 is 9.67 Å². The van der Waals surface area contributed by atoms with Crippen LogP contribution in [0.4, 0.5) is 0 Å². The van der Waals surface area contributed by atoms with Gasteiger partial charge in [0.2, 0.25) is 0 Å². The van der Waals surface area contributed by atoms with E-state index in [2.05, 4.69) is 18.4 Å². The van der Waals surface area contributed by atoms with Crippen molar-refractivity contribution in [3.8, 4) is 0 Å². The molecule has 0 aromatic heterocycles. The normalized spacial score (nSPS) is 11.3. The summed E-state index contributed by atoms with van der Waals surface area (Å²) in [6, 6.07) is 19.3. The molecule has 0 radical (unpaired) electrons. The van der Waals surface area contributed by atoms with Gasteiger partial charge in [0.1, 0.15) is 0 Å². The van der Waals surface area contributed by atoms with Crippen molar-refractivity contribution in [3.05, 3.63) is 94.2 Å². The fourth-order valence-corrected chi connectivity index (χ4v) is 6.16. The smallest absolute Gasteiger partial charge is 0.179 e. The molecule has 1 N–H and O–H groups in total. The number of benzene rings is 2. The van der Waals surface area contributed by atoms with Gasteiger partial charge in [0.15, 0.2) is 7.14 Å². The standard InChI is InChI=1S/C28H35O2P/c1-7-8-15-24(21-23(4)28(5,6)29)27(20-22(2)3)31(30,25-16-11-9-12-17-25)26-18-13-10-14-19-26/h9-14,16-19,29H,7-8,15H2,1-6H3. The lowest BCUT2D eigenvalue weighted by atomic mass is 9.98. The first-order valence-electron chi connectivity index (χ1n) is 11.0. The molecule has 0 amide bonds. The Morgan fingerprint density at radius 1 is 0.903 bits per heavy atom. The minimum atomic E-state index is -3.20. The lowest BCUT2D eigenvalue weighted by molar-refractivity contribution is 0.120. The summed E-state index contributed by atoms with van der Waals surface area (Å²) in [7, 11) is -3.20. The first-order valence-corrected chi connectivity index (χ1v) is 12.7. The monoisotopic (exact) mass is 434 g/mol. The van der Waals surface area contributed by atoms with Crippen molar-refractivity contribution in [1.82, 2.24) is 0 Å². The zero-order valence-corrected chi connectivity index (χ0v) is 20.6. The number of hydrogen-bond acceptors (Lipinski definition) is 2. The van der Waals surface area contributed by atoms with Crippen LogP contribution in [0.1, 0.15) is 60.8 Å². The number of rotatable bonds is 8. The van der Waals surface area contributed by atoms with Crippen LogP contribution in [-0.4, -0.2) is 10.7 Å². The first-order chi connectivity index (χ1) is 14.6. The lowest BCUT2D eigenvalue weighted by Gasteiger charge is -2.23. The maximum atomic E-state index is 15.0. The zero-order valence-electron chi connectivity index (χ0n) is 19.7. The molecule has 0 saturated heterocycles. The van der Waals surface area contributed by atoms with Crippen LogP contribution >= 0.6 is 7.14 Å². The number of allylic oxidation sites excluding steroid dienone is 1. The number of hydrogen-bond donors (Lipinski definition) is 1. The van der Waals surface area contributed by atoms with E-state index in [0.29, 0.717) is 5.31 Å². The van der Waals surface area contributed by atoms with Gasteiger partial charge in [0, 0.05) is 16.2 Å². The van der Waals surface area contributed by atoms with Gasteiger partial charge in [-0.2, -0.15) is 0 Å². The average molecular weight is 435 g/mol. The summed E-state index contributed by atoms with van der Waals surface area (Å²) in [5.74, 6) is 0. The molecule has 0 aliphatic carbocycles. The lowest BCUT2D eigenvalue weighted by Crippen LogP contribution is -2.20. The highest BCUT2D eigenvalue weighted by Gasteiger charge is 2.34. The third kappa shape index (κ3) is 6.33. The summed E-state index contributed by atoms with van der Waals surface area (Å²) in [5, 5.41) is 12.8. The van der Waals surface area contributed by atoms with Gasteiger partial charge in [0.25, 0.3) is 0 Å². The molecule has 2 nitrogen and oxygen atoms in total. The van der Waals surface area contributed by atoms with Crippen molar-refractivity contribution >= 4 is 17.8 Å². The molecule has 3 heteroatoms. The molecule has 0 fully saturated rings. The average Bonchev–Trinajstić information content (AvgIpc) is 2.75. The van der Waals surface area contributed by atoms with Gasteiger partial charge in [-0.25, -0.2) is 0 Å². The van der Waals surface area contributed by atoms with Crippen LogP contribution < -0.4 is 10.6 Å². The summed E-state index contributed by atoms with van der Waals surface area (Å²) >= 11 is 0. The highest BCUT2D eigenvalue weighted by atomic mass is 31.2. The Kier molecular flexibility index (Phi) is 8.69. The molecule has 164 valence electrons. The molecule has 0 unspecified atom stereocenters. The molecule has 0 aliphatic rings. The number of aliphatic hydroxyl groups is 1. The van der Waals surface area contributed by atoms with Crippen molar-refractivity contribution < 1.29 is 9.67 Å². The van der Waals surface area contributed by atoms with E-state index < -0.39 is 12.7 Å². The van der Waals surface area contributed by atoms with E-state index in [1.54, 1.807) is 13.8 Å². The topological polar surface area (TPSA) is 37.3 Å². The Bertz CT molecular complexity index is 1010. The van der Waals surface area contributed by atoms with Gasteiger partial charge in [-0.1, -0.05) is 74.0 Å². The predicted molar refractivity (Wildman–Crippen MR) is 134 cm³/mol. The molecular formula is C28H35O2P. The van der Waals surface area contributed by atoms with Crippen LogP contribution in [0, 0.1) is 0 Å². The molecule has 31 heavy (non-hydrogen) atoms. The minimum absolute atomic E-state index is 0.682. The quantitative estimate of drug-likeness (QED) is 0.279. The predicted octanol–water partition coefficient (Wildman–Crippen LogP) is 6.88. The summed E-state index contributed by atoms with van der Waals surface area (Å²) in [4.78, 5) is 0. The molecule has 0 aliphatic heterocycles. The van der Waals surface area contributed by atoms with Gasteiger partial charge in [-0.15, -0.1) is 11.5 Å². The molecule has 0 atom stereocenters. The van der Waals surface area contributed by atoms with E-state index in [9.17, 15) is 5.11 Å². The molecule has 0 bridgehead atoms. The van der Waals surface area contributed by atoms with E-state index in [4.69, 9.17) is 0 Å². The highest BCUT2D eigenvalue weighted by molar-refractivity contribution is 7.82. The summed E-state index contributed by atoms with van der Waals surface area (Å²) < 4.78 is 15.0. The van der Waals surface area contributed by atoms with E-state index in [1.807, 2.05) is 81.4 Å². The zero-order chi connectivity index (χ0) is 23.1. The molecular weight excluding hydrogens is 399 g/mol. The van der Waals surface area contributed by atoms with Gasteiger partial charge >= 0.3 is 0 Å². The van der Waals surface area contributed by atoms with Gasteiger partial charge in [-0.05, 0) is 58.6 Å². The fraction of sp³-hybridized carbons (Fsp3) is 0.357. The van der Waals surface area contributed by atoms with Crippen molar-refractivity contribution in [1.29, 1.82) is 0 Å². The van der Waals surface area contributed by atoms with Gasteiger partial charge in [-0.3, -0.25) is 0 Å². The van der Waals surface area contributed by atoms with Crippen LogP contribution in [0.3, 0.4) is 0 Å². The Labute approximate surface area is 188 Å². The molecule has 2 aromatic rings. The first kappa shape index (κ1) is 24.9. The third-order valence-corrected chi connectivity index (χ3v) is 8.31. The molecule has 2 aromatic carbocycles. The molecule has 0 saturated carbocycles. The van der Waals surface area contributed by atoms with E-state index >= 15 is 4.57 Å². The summed E-state index contributed by atoms with van der Waals surface area (Å²) in [6.07, 6.45) is 2.68. The van der Waals surface area contributed by atoms with Crippen LogP contribution in [0.5, 0.6) is 0 Å². The van der Waals surface area contributed by atoms with Crippen LogP contribution in [0.2, 0.25) is 0 Å². The minimum Gasteiger partial charge on any atom is -0.385 e. The van der Waals surface area contributed by atoms with Crippen molar-refractivity contribution in [2.45, 2.75) is 66.4 Å². The Hall–Kier alpha value is -2.33. The van der Waals surface area contributed by atoms with E-state index in [0.717, 1.165) is 46.6 Å². The molecule has 2 rings (SSSR count). The number of unbranched alkanes of at least 4 members (excludes halogenated alkanes) is 1. The maximum absolute atomic E-state index is 15.0.